The van der Waals surface area contributed by atoms with Gasteiger partial charge in [0.15, 0.2) is 5.16 Å². The van der Waals surface area contributed by atoms with Crippen LogP contribution >= 0.6 is 11.8 Å². The summed E-state index contributed by atoms with van der Waals surface area (Å²) < 4.78 is 40.8. The molecule has 0 fully saturated rings. The second-order valence-electron chi connectivity index (χ2n) is 6.28. The largest absolute Gasteiger partial charge is 0.418 e. The quantitative estimate of drug-likeness (QED) is 0.691. The average Bonchev–Trinajstić information content (AvgIpc) is 2.92. The molecule has 1 atom stereocenters. The third-order valence-electron chi connectivity index (χ3n) is 3.76. The molecular formula is C17H21F3N4O2S. The van der Waals surface area contributed by atoms with Crippen molar-refractivity contribution in [3.05, 3.63) is 40.3 Å². The van der Waals surface area contributed by atoms with Crippen LogP contribution in [0.1, 0.15) is 32.8 Å². The van der Waals surface area contributed by atoms with E-state index in [1.165, 1.54) is 22.8 Å². The van der Waals surface area contributed by atoms with Crippen LogP contribution < -0.4 is 11.0 Å². The highest BCUT2D eigenvalue weighted by atomic mass is 32.2. The van der Waals surface area contributed by atoms with Crippen molar-refractivity contribution in [3.63, 3.8) is 0 Å². The predicted molar refractivity (Wildman–Crippen MR) is 97.7 cm³/mol. The van der Waals surface area contributed by atoms with E-state index in [9.17, 15) is 22.8 Å². The molecule has 27 heavy (non-hydrogen) atoms. The molecule has 1 aromatic carbocycles. The molecule has 0 spiro atoms. The Morgan fingerprint density at radius 2 is 2.00 bits per heavy atom. The molecule has 1 heterocycles. The molecule has 148 valence electrons. The molecule has 0 aliphatic heterocycles. The molecule has 2 N–H and O–H groups in total. The summed E-state index contributed by atoms with van der Waals surface area (Å²) in [6.45, 7) is 5.89. The maximum atomic E-state index is 13.1. The van der Waals surface area contributed by atoms with Crippen LogP contribution in [0.2, 0.25) is 0 Å². The second-order valence-corrected chi connectivity index (χ2v) is 7.39. The first kappa shape index (κ1) is 21.1. The first-order valence-electron chi connectivity index (χ1n) is 8.44. The highest BCUT2D eigenvalue weighted by Gasteiger charge is 2.34. The summed E-state index contributed by atoms with van der Waals surface area (Å²) in [7, 11) is 0. The van der Waals surface area contributed by atoms with E-state index in [-0.39, 0.29) is 17.3 Å². The zero-order valence-electron chi connectivity index (χ0n) is 15.1. The predicted octanol–water partition coefficient (Wildman–Crippen LogP) is 3.76. The number of aromatic amines is 1. The van der Waals surface area contributed by atoms with E-state index in [4.69, 9.17) is 0 Å². The molecule has 0 aliphatic rings. The van der Waals surface area contributed by atoms with Crippen LogP contribution in [0.3, 0.4) is 0 Å². The van der Waals surface area contributed by atoms with Gasteiger partial charge in [-0.1, -0.05) is 44.7 Å². The fraction of sp³-hybridized carbons (Fsp3) is 0.471. The molecule has 1 aromatic heterocycles. The third kappa shape index (κ3) is 5.15. The van der Waals surface area contributed by atoms with Gasteiger partial charge in [-0.05, 0) is 24.5 Å². The fourth-order valence-corrected chi connectivity index (χ4v) is 3.53. The number of alkyl halides is 3. The lowest BCUT2D eigenvalue weighted by Crippen LogP contribution is -2.31. The molecule has 0 saturated heterocycles. The lowest BCUT2D eigenvalue weighted by atomic mass is 10.1. The summed E-state index contributed by atoms with van der Waals surface area (Å²) in [5.41, 5.74) is -1.59. The minimum absolute atomic E-state index is 0.199. The molecule has 1 amide bonds. The Bertz CT molecular complexity index is 845. The number of hydrogen-bond acceptors (Lipinski definition) is 4. The molecule has 2 rings (SSSR count). The summed E-state index contributed by atoms with van der Waals surface area (Å²) in [5.74, 6) is -0.778. The normalized spacial score (nSPS) is 13.0. The summed E-state index contributed by atoms with van der Waals surface area (Å²) >= 11 is 1.05. The van der Waals surface area contributed by atoms with Gasteiger partial charge in [0.2, 0.25) is 5.91 Å². The molecule has 6 nitrogen and oxygen atoms in total. The number of thioether (sulfide) groups is 1. The van der Waals surface area contributed by atoms with Crippen molar-refractivity contribution in [3.8, 4) is 0 Å². The topological polar surface area (TPSA) is 79.8 Å². The number of para-hydroxylation sites is 1. The molecule has 0 saturated carbocycles. The van der Waals surface area contributed by atoms with Gasteiger partial charge in [0.25, 0.3) is 0 Å². The monoisotopic (exact) mass is 402 g/mol. The van der Waals surface area contributed by atoms with E-state index < -0.39 is 22.9 Å². The van der Waals surface area contributed by atoms with Crippen LogP contribution in [0.5, 0.6) is 0 Å². The highest BCUT2D eigenvalue weighted by Crippen LogP contribution is 2.35. The highest BCUT2D eigenvalue weighted by molar-refractivity contribution is 8.00. The number of carbonyl (C=O) groups excluding carboxylic acids is 1. The number of rotatable bonds is 7. The van der Waals surface area contributed by atoms with Gasteiger partial charge in [-0.3, -0.25) is 9.36 Å². The number of hydrogen-bond donors (Lipinski definition) is 2. The summed E-state index contributed by atoms with van der Waals surface area (Å²) in [5, 5.41) is 8.25. The Balaban J connectivity index is 2.26. The fourth-order valence-electron chi connectivity index (χ4n) is 2.46. The van der Waals surface area contributed by atoms with Crippen molar-refractivity contribution in [2.75, 3.05) is 5.32 Å². The number of amides is 1. The zero-order chi connectivity index (χ0) is 20.2. The number of nitrogens with zero attached hydrogens (tertiary/aromatic N) is 2. The Morgan fingerprint density at radius 3 is 2.59 bits per heavy atom. The second kappa shape index (κ2) is 8.64. The van der Waals surface area contributed by atoms with Crippen molar-refractivity contribution in [2.45, 2.75) is 50.3 Å². The minimum Gasteiger partial charge on any atom is -0.325 e. The van der Waals surface area contributed by atoms with Crippen molar-refractivity contribution >= 4 is 23.4 Å². The number of benzene rings is 1. The minimum atomic E-state index is -4.58. The maximum Gasteiger partial charge on any atom is 0.418 e. The lowest BCUT2D eigenvalue weighted by molar-refractivity contribution is -0.137. The molecule has 0 aliphatic carbocycles. The van der Waals surface area contributed by atoms with Crippen molar-refractivity contribution in [2.24, 2.45) is 5.92 Å². The Hall–Kier alpha value is -2.23. The first-order valence-corrected chi connectivity index (χ1v) is 9.32. The number of aromatic nitrogens is 3. The van der Waals surface area contributed by atoms with E-state index in [1.807, 2.05) is 6.92 Å². The summed E-state index contributed by atoms with van der Waals surface area (Å²) in [6.07, 6.45) is -3.88. The van der Waals surface area contributed by atoms with Crippen molar-refractivity contribution < 1.29 is 18.0 Å². The van der Waals surface area contributed by atoms with Gasteiger partial charge in [0, 0.05) is 6.54 Å². The van der Waals surface area contributed by atoms with Gasteiger partial charge < -0.3 is 5.32 Å². The number of halogens is 3. The van der Waals surface area contributed by atoms with Gasteiger partial charge in [-0.2, -0.15) is 13.2 Å². The van der Waals surface area contributed by atoms with Crippen LogP contribution in [0.25, 0.3) is 0 Å². The summed E-state index contributed by atoms with van der Waals surface area (Å²) in [4.78, 5) is 24.5. The van der Waals surface area contributed by atoms with E-state index in [0.717, 1.165) is 17.8 Å². The molecule has 2 aromatic rings. The maximum absolute atomic E-state index is 13.1. The number of carbonyl (C=O) groups is 1. The van der Waals surface area contributed by atoms with E-state index in [2.05, 4.69) is 15.5 Å². The van der Waals surface area contributed by atoms with Gasteiger partial charge in [-0.15, -0.1) is 5.10 Å². The van der Waals surface area contributed by atoms with Crippen molar-refractivity contribution in [1.82, 2.24) is 14.8 Å². The molecular weight excluding hydrogens is 381 g/mol. The standard InChI is InChI=1S/C17H21F3N4O2S/c1-4-9-24-15(26)22-23-16(24)27-13(10(2)3)14(25)21-12-8-6-5-7-11(12)17(18,19)20/h5-8,10,13H,4,9H2,1-3H3,(H,21,25)(H,22,26)/t13-/m0/s1. The Labute approximate surface area is 158 Å². The van der Waals surface area contributed by atoms with Crippen LogP contribution in [0.15, 0.2) is 34.2 Å². The van der Waals surface area contributed by atoms with E-state index in [0.29, 0.717) is 18.1 Å². The summed E-state index contributed by atoms with van der Waals surface area (Å²) in [6, 6.07) is 4.82. The van der Waals surface area contributed by atoms with Gasteiger partial charge in [0.05, 0.1) is 16.5 Å². The van der Waals surface area contributed by atoms with E-state index >= 15 is 0 Å². The van der Waals surface area contributed by atoms with Crippen LogP contribution in [0.4, 0.5) is 18.9 Å². The molecule has 0 unspecified atom stereocenters. The molecule has 0 radical (unpaired) electrons. The third-order valence-corrected chi connectivity index (χ3v) is 5.29. The van der Waals surface area contributed by atoms with Crippen molar-refractivity contribution in [1.29, 1.82) is 0 Å². The zero-order valence-corrected chi connectivity index (χ0v) is 15.9. The van der Waals surface area contributed by atoms with Gasteiger partial charge in [-0.25, -0.2) is 9.89 Å². The molecule has 0 bridgehead atoms. The van der Waals surface area contributed by atoms with Crippen LogP contribution in [0, 0.1) is 5.92 Å². The Morgan fingerprint density at radius 1 is 1.33 bits per heavy atom. The van der Waals surface area contributed by atoms with Gasteiger partial charge in [0.1, 0.15) is 0 Å². The smallest absolute Gasteiger partial charge is 0.325 e. The SMILES string of the molecule is CCCn1c(S[C@H](C(=O)Nc2ccccc2C(F)(F)F)C(C)C)n[nH]c1=O. The number of H-pyrrole nitrogens is 1. The first-order chi connectivity index (χ1) is 12.6. The average molecular weight is 402 g/mol. The number of nitrogens with one attached hydrogen (secondary N) is 2. The van der Waals surface area contributed by atoms with Gasteiger partial charge >= 0.3 is 11.9 Å². The van der Waals surface area contributed by atoms with Crippen LogP contribution in [-0.2, 0) is 17.5 Å². The van der Waals surface area contributed by atoms with Crippen LogP contribution in [-0.4, -0.2) is 25.9 Å². The lowest BCUT2D eigenvalue weighted by Gasteiger charge is -2.21. The molecule has 10 heteroatoms. The van der Waals surface area contributed by atoms with E-state index in [1.54, 1.807) is 13.8 Å². The Kier molecular flexibility index (Phi) is 6.74. The number of anilines is 1.